The number of nitrogens with zero attached hydrogens (tertiary/aromatic N) is 6. The van der Waals surface area contributed by atoms with Crippen LogP contribution < -0.4 is 0 Å². The molecule has 1 N–H and O–H groups in total. The van der Waals surface area contributed by atoms with Crippen LogP contribution in [0.2, 0.25) is 5.02 Å². The summed E-state index contributed by atoms with van der Waals surface area (Å²) < 4.78 is 46.9. The molecule has 1 fully saturated rings. The first kappa shape index (κ1) is 26.6. The van der Waals surface area contributed by atoms with Crippen LogP contribution in [0.15, 0.2) is 23.3 Å². The zero-order valence-electron chi connectivity index (χ0n) is 20.4. The molecule has 1 aliphatic rings. The topological polar surface area (TPSA) is 123 Å². The lowest BCUT2D eigenvalue weighted by molar-refractivity contribution is 0.0829. The van der Waals surface area contributed by atoms with E-state index in [0.717, 1.165) is 6.26 Å². The minimum absolute atomic E-state index is 0.00384. The summed E-state index contributed by atoms with van der Waals surface area (Å²) in [7, 11) is -1.82. The lowest BCUT2D eigenvalue weighted by Gasteiger charge is -2.32. The molecule has 4 rings (SSSR count). The van der Waals surface area contributed by atoms with Crippen molar-refractivity contribution in [1.29, 1.82) is 0 Å². The summed E-state index contributed by atoms with van der Waals surface area (Å²) >= 11 is 6.38. The van der Waals surface area contributed by atoms with Gasteiger partial charge in [0, 0.05) is 43.9 Å². The SMILES string of the molecule is COCc1nc2c(F)cc(-c3nc(/N=C/[C@@H]4CCN(S(C)(=O)=O)C[C@H]4O)ncc3Cl)cc2n1C(C)C. The Labute approximate surface area is 213 Å². The lowest BCUT2D eigenvalue weighted by atomic mass is 9.96. The lowest BCUT2D eigenvalue weighted by Crippen LogP contribution is -2.46. The highest BCUT2D eigenvalue weighted by atomic mass is 35.5. The number of aliphatic hydroxyl groups excluding tert-OH is 1. The van der Waals surface area contributed by atoms with Crippen molar-refractivity contribution in [2.75, 3.05) is 26.5 Å². The fraction of sp³-hybridized carbons (Fsp3) is 0.478. The van der Waals surface area contributed by atoms with Crippen LogP contribution in [0.1, 0.15) is 32.1 Å². The van der Waals surface area contributed by atoms with Gasteiger partial charge in [-0.15, -0.1) is 0 Å². The minimum atomic E-state index is -3.37. The molecule has 194 valence electrons. The van der Waals surface area contributed by atoms with Crippen molar-refractivity contribution in [2.45, 2.75) is 39.0 Å². The number of rotatable bonds is 7. The molecular weight excluding hydrogens is 511 g/mol. The van der Waals surface area contributed by atoms with E-state index in [1.165, 1.54) is 22.8 Å². The molecule has 2 aromatic heterocycles. The molecule has 0 radical (unpaired) electrons. The van der Waals surface area contributed by atoms with Crippen molar-refractivity contribution in [3.63, 3.8) is 0 Å². The standard InChI is InChI=1S/C23H28ClFN6O4S/c1-13(2)31-18-8-15(7-17(25)22(18)28-20(31)12-35-3)21-16(24)10-27-23(29-21)26-9-14-5-6-30(11-19(14)32)36(4,33)34/h7-10,13-14,19,32H,5-6,11-12H2,1-4H3/b26-9+/t14-,19+/m0/s1. The van der Waals surface area contributed by atoms with E-state index in [4.69, 9.17) is 16.3 Å². The van der Waals surface area contributed by atoms with E-state index in [-0.39, 0.29) is 48.1 Å². The van der Waals surface area contributed by atoms with Crippen molar-refractivity contribution in [1.82, 2.24) is 23.8 Å². The van der Waals surface area contributed by atoms with E-state index in [0.29, 0.717) is 29.0 Å². The van der Waals surface area contributed by atoms with E-state index < -0.39 is 21.9 Å². The number of hydrogen-bond donors (Lipinski definition) is 1. The van der Waals surface area contributed by atoms with Crippen LogP contribution in [-0.2, 0) is 21.4 Å². The minimum Gasteiger partial charge on any atom is -0.391 e. The Morgan fingerprint density at radius 3 is 2.75 bits per heavy atom. The van der Waals surface area contributed by atoms with Crippen LogP contribution in [0.25, 0.3) is 22.3 Å². The number of imidazole rings is 1. The molecule has 36 heavy (non-hydrogen) atoms. The summed E-state index contributed by atoms with van der Waals surface area (Å²) in [5.41, 5.74) is 1.57. The quantitative estimate of drug-likeness (QED) is 0.457. The molecule has 0 bridgehead atoms. The highest BCUT2D eigenvalue weighted by Crippen LogP contribution is 2.33. The number of piperidine rings is 1. The van der Waals surface area contributed by atoms with Crippen molar-refractivity contribution >= 4 is 44.8 Å². The third kappa shape index (κ3) is 5.42. The Morgan fingerprint density at radius 2 is 2.11 bits per heavy atom. The third-order valence-corrected chi connectivity index (χ3v) is 7.61. The summed E-state index contributed by atoms with van der Waals surface area (Å²) in [4.78, 5) is 17.3. The van der Waals surface area contributed by atoms with E-state index in [1.54, 1.807) is 13.2 Å². The molecule has 1 saturated heterocycles. The Balaban J connectivity index is 1.66. The number of aliphatic imine (C=N–C) groups is 1. The van der Waals surface area contributed by atoms with Crippen LogP contribution in [-0.4, -0.2) is 76.1 Å². The third-order valence-electron chi connectivity index (χ3n) is 6.06. The average Bonchev–Trinajstić information content (AvgIpc) is 3.17. The van der Waals surface area contributed by atoms with Gasteiger partial charge in [-0.2, -0.15) is 4.31 Å². The molecule has 2 atom stereocenters. The molecule has 1 aliphatic heterocycles. The van der Waals surface area contributed by atoms with Crippen molar-refractivity contribution < 1.29 is 22.7 Å². The summed E-state index contributed by atoms with van der Waals surface area (Å²) in [6.45, 7) is 4.47. The van der Waals surface area contributed by atoms with Crippen LogP contribution in [0.3, 0.4) is 0 Å². The van der Waals surface area contributed by atoms with Gasteiger partial charge in [-0.1, -0.05) is 11.6 Å². The first-order valence-corrected chi connectivity index (χ1v) is 13.6. The number of hydrogen-bond acceptors (Lipinski definition) is 8. The van der Waals surface area contributed by atoms with Gasteiger partial charge in [0.05, 0.1) is 34.8 Å². The van der Waals surface area contributed by atoms with Crippen LogP contribution in [0, 0.1) is 11.7 Å². The van der Waals surface area contributed by atoms with Gasteiger partial charge >= 0.3 is 0 Å². The summed E-state index contributed by atoms with van der Waals surface area (Å²) in [5, 5.41) is 10.6. The summed E-state index contributed by atoms with van der Waals surface area (Å²) in [6, 6.07) is 3.11. The average molecular weight is 539 g/mol. The monoisotopic (exact) mass is 538 g/mol. The molecule has 3 aromatic rings. The Kier molecular flexibility index (Phi) is 7.72. The molecule has 0 amide bonds. The first-order chi connectivity index (χ1) is 17.0. The van der Waals surface area contributed by atoms with E-state index >= 15 is 4.39 Å². The second-order valence-electron chi connectivity index (χ2n) is 9.04. The normalized spacial score (nSPS) is 19.7. The number of sulfonamides is 1. The molecule has 0 saturated carbocycles. The zero-order chi connectivity index (χ0) is 26.2. The fourth-order valence-corrected chi connectivity index (χ4v) is 5.39. The molecule has 0 spiro atoms. The largest absolute Gasteiger partial charge is 0.391 e. The number of ether oxygens (including phenoxy) is 1. The summed E-state index contributed by atoms with van der Waals surface area (Å²) in [5.74, 6) is -0.179. The Morgan fingerprint density at radius 1 is 1.36 bits per heavy atom. The van der Waals surface area contributed by atoms with Crippen molar-refractivity contribution in [2.24, 2.45) is 10.9 Å². The molecule has 0 aliphatic carbocycles. The molecular formula is C23H28ClFN6O4S. The number of halogens is 2. The zero-order valence-corrected chi connectivity index (χ0v) is 22.0. The van der Waals surface area contributed by atoms with Gasteiger partial charge < -0.3 is 14.4 Å². The number of fused-ring (bicyclic) bond motifs is 1. The molecule has 3 heterocycles. The van der Waals surface area contributed by atoms with Crippen molar-refractivity contribution in [3.05, 3.63) is 35.0 Å². The number of β-amino-alcohol motifs (C(OH)–C–C–N with tert-alkyl or cyclic N) is 1. The van der Waals surface area contributed by atoms with Gasteiger partial charge in [-0.25, -0.2) is 32.8 Å². The van der Waals surface area contributed by atoms with Crippen LogP contribution in [0.5, 0.6) is 0 Å². The van der Waals surface area contributed by atoms with Gasteiger partial charge in [-0.05, 0) is 32.4 Å². The number of aromatic nitrogens is 4. The highest BCUT2D eigenvalue weighted by molar-refractivity contribution is 7.88. The van der Waals surface area contributed by atoms with E-state index in [2.05, 4.69) is 19.9 Å². The fourth-order valence-electron chi connectivity index (χ4n) is 4.33. The van der Waals surface area contributed by atoms with Gasteiger partial charge in [0.1, 0.15) is 17.9 Å². The second-order valence-corrected chi connectivity index (χ2v) is 11.4. The maximum absolute atomic E-state index is 15.1. The first-order valence-electron chi connectivity index (χ1n) is 11.4. The Bertz CT molecular complexity index is 1410. The number of benzene rings is 1. The molecule has 13 heteroatoms. The molecule has 1 aromatic carbocycles. The predicted molar refractivity (Wildman–Crippen MR) is 136 cm³/mol. The van der Waals surface area contributed by atoms with Crippen LogP contribution in [0.4, 0.5) is 10.3 Å². The molecule has 10 nitrogen and oxygen atoms in total. The maximum Gasteiger partial charge on any atom is 0.249 e. The van der Waals surface area contributed by atoms with Gasteiger partial charge in [0.15, 0.2) is 5.82 Å². The number of methoxy groups -OCH3 is 1. The van der Waals surface area contributed by atoms with Gasteiger partial charge in [0.2, 0.25) is 16.0 Å². The predicted octanol–water partition coefficient (Wildman–Crippen LogP) is 3.36. The van der Waals surface area contributed by atoms with Crippen molar-refractivity contribution in [3.8, 4) is 11.3 Å². The number of aliphatic hydroxyl groups is 1. The van der Waals surface area contributed by atoms with Crippen LogP contribution >= 0.6 is 11.6 Å². The Hall–Kier alpha value is -2.51. The highest BCUT2D eigenvalue weighted by Gasteiger charge is 2.31. The second kappa shape index (κ2) is 10.5. The molecule has 0 unspecified atom stereocenters. The maximum atomic E-state index is 15.1. The van der Waals surface area contributed by atoms with E-state index in [1.807, 2.05) is 18.4 Å². The van der Waals surface area contributed by atoms with E-state index in [9.17, 15) is 13.5 Å². The summed E-state index contributed by atoms with van der Waals surface area (Å²) in [6.07, 6.45) is 3.52. The van der Waals surface area contributed by atoms with Gasteiger partial charge in [-0.3, -0.25) is 0 Å². The smallest absolute Gasteiger partial charge is 0.249 e. The van der Waals surface area contributed by atoms with Gasteiger partial charge in [0.25, 0.3) is 0 Å².